The third-order valence-corrected chi connectivity index (χ3v) is 5.38. The van der Waals surface area contributed by atoms with Crippen LogP contribution in [0.4, 0.5) is 9.18 Å². The van der Waals surface area contributed by atoms with Crippen LogP contribution in [-0.2, 0) is 9.59 Å². The van der Waals surface area contributed by atoms with Gasteiger partial charge in [-0.15, -0.1) is 0 Å². The average molecular weight is 382 g/mol. The lowest BCUT2D eigenvalue weighted by Crippen LogP contribution is -2.44. The van der Waals surface area contributed by atoms with Crippen LogP contribution in [0.5, 0.6) is 0 Å². The van der Waals surface area contributed by atoms with Gasteiger partial charge in [0.25, 0.3) is 5.91 Å². The maximum absolute atomic E-state index is 13.2. The lowest BCUT2D eigenvalue weighted by molar-refractivity contribution is -0.131. The molecule has 2 fully saturated rings. The number of amides is 4. The van der Waals surface area contributed by atoms with Gasteiger partial charge in [-0.3, -0.25) is 14.5 Å². The van der Waals surface area contributed by atoms with Gasteiger partial charge in [-0.1, -0.05) is 30.5 Å². The summed E-state index contributed by atoms with van der Waals surface area (Å²) in [6.45, 7) is 1.79. The fraction of sp³-hybridized carbons (Fsp3) is 0.500. The molecule has 1 saturated heterocycles. The van der Waals surface area contributed by atoms with E-state index in [9.17, 15) is 18.8 Å². The molecule has 26 heavy (non-hydrogen) atoms. The Bertz CT molecular complexity index is 749. The number of hydrogen-bond donors (Lipinski definition) is 2. The van der Waals surface area contributed by atoms with Crippen LogP contribution in [0.3, 0.4) is 0 Å². The highest BCUT2D eigenvalue weighted by Gasteiger charge is 2.52. The molecule has 1 heterocycles. The van der Waals surface area contributed by atoms with E-state index < -0.39 is 17.4 Å². The van der Waals surface area contributed by atoms with Crippen LogP contribution in [0.15, 0.2) is 18.2 Å². The highest BCUT2D eigenvalue weighted by molar-refractivity contribution is 6.30. The van der Waals surface area contributed by atoms with E-state index in [1.54, 1.807) is 13.0 Å². The second-order valence-corrected chi connectivity index (χ2v) is 7.30. The number of carbonyl (C=O) groups excluding carboxylic acids is 3. The summed E-state index contributed by atoms with van der Waals surface area (Å²) in [6.07, 6.45) is 3.15. The van der Waals surface area contributed by atoms with E-state index in [-0.39, 0.29) is 35.8 Å². The molecule has 0 aromatic heterocycles. The molecule has 1 aromatic carbocycles. The Hall–Kier alpha value is -2.15. The Balaban J connectivity index is 1.54. The number of benzene rings is 1. The molecule has 140 valence electrons. The van der Waals surface area contributed by atoms with Crippen molar-refractivity contribution in [2.45, 2.75) is 50.6 Å². The second-order valence-electron chi connectivity index (χ2n) is 6.89. The van der Waals surface area contributed by atoms with E-state index in [0.29, 0.717) is 18.4 Å². The molecule has 8 heteroatoms. The molecule has 1 unspecified atom stereocenters. The fourth-order valence-corrected chi connectivity index (χ4v) is 3.78. The smallest absolute Gasteiger partial charge is 0.325 e. The van der Waals surface area contributed by atoms with Gasteiger partial charge >= 0.3 is 6.03 Å². The molecular formula is C18H21ClFN3O3. The highest BCUT2D eigenvalue weighted by Crippen LogP contribution is 2.35. The normalized spacial score (nSPS) is 19.7. The largest absolute Gasteiger partial charge is 0.350 e. The van der Waals surface area contributed by atoms with Gasteiger partial charge in [0, 0.05) is 13.0 Å². The van der Waals surface area contributed by atoms with Crippen molar-refractivity contribution in [1.82, 2.24) is 15.5 Å². The Labute approximate surface area is 156 Å². The van der Waals surface area contributed by atoms with Gasteiger partial charge in [0.15, 0.2) is 0 Å². The molecular weight excluding hydrogens is 361 g/mol. The van der Waals surface area contributed by atoms with E-state index in [1.807, 2.05) is 0 Å². The molecule has 6 nitrogen and oxygen atoms in total. The Morgan fingerprint density at radius 1 is 1.38 bits per heavy atom. The molecule has 1 aliphatic carbocycles. The third kappa shape index (κ3) is 3.53. The van der Waals surface area contributed by atoms with Crippen molar-refractivity contribution in [2.24, 2.45) is 0 Å². The molecule has 1 aliphatic heterocycles. The molecule has 1 atom stereocenters. The van der Waals surface area contributed by atoms with E-state index in [0.717, 1.165) is 17.7 Å². The minimum atomic E-state index is -0.758. The molecule has 2 N–H and O–H groups in total. The average Bonchev–Trinajstić information content (AvgIpc) is 3.14. The van der Waals surface area contributed by atoms with Crippen LogP contribution in [0, 0.1) is 5.82 Å². The fourth-order valence-electron chi connectivity index (χ4n) is 3.59. The van der Waals surface area contributed by atoms with Crippen molar-refractivity contribution < 1.29 is 18.8 Å². The molecule has 1 saturated carbocycles. The number of nitrogens with one attached hydrogen (secondary N) is 2. The van der Waals surface area contributed by atoms with Gasteiger partial charge in [-0.05, 0) is 37.5 Å². The van der Waals surface area contributed by atoms with Crippen molar-refractivity contribution in [3.05, 3.63) is 34.6 Å². The summed E-state index contributed by atoms with van der Waals surface area (Å²) in [4.78, 5) is 37.9. The lowest BCUT2D eigenvalue weighted by Gasteiger charge is -2.20. The first-order valence-corrected chi connectivity index (χ1v) is 9.09. The minimum Gasteiger partial charge on any atom is -0.350 e. The quantitative estimate of drug-likeness (QED) is 0.770. The molecule has 3 rings (SSSR count). The predicted molar refractivity (Wildman–Crippen MR) is 94.0 cm³/mol. The summed E-state index contributed by atoms with van der Waals surface area (Å²) in [6, 6.07) is 3.46. The van der Waals surface area contributed by atoms with Crippen LogP contribution in [0.1, 0.15) is 50.6 Å². The van der Waals surface area contributed by atoms with Gasteiger partial charge < -0.3 is 10.6 Å². The van der Waals surface area contributed by atoms with Gasteiger partial charge in [0.05, 0.1) is 11.1 Å². The number of nitrogens with zero attached hydrogens (tertiary/aromatic N) is 1. The summed E-state index contributed by atoms with van der Waals surface area (Å²) in [5.41, 5.74) is -0.0872. The topological polar surface area (TPSA) is 78.5 Å². The lowest BCUT2D eigenvalue weighted by atomic mass is 9.98. The summed E-state index contributed by atoms with van der Waals surface area (Å²) >= 11 is 5.76. The number of hydrogen-bond acceptors (Lipinski definition) is 3. The number of halogens is 2. The molecule has 0 radical (unpaired) electrons. The van der Waals surface area contributed by atoms with Crippen LogP contribution in [-0.4, -0.2) is 34.8 Å². The zero-order chi connectivity index (χ0) is 18.9. The summed E-state index contributed by atoms with van der Waals surface area (Å²) in [7, 11) is 0. The standard InChI is InChI=1S/C18H21ClFN3O3/c1-11(12-4-5-14(20)13(19)10-12)21-15(24)6-9-23-16(25)18(22-17(23)26)7-2-3-8-18/h4-5,10-11H,2-3,6-9H2,1H3,(H,21,24)(H,22,26). The van der Waals surface area contributed by atoms with Gasteiger partial charge in [0.2, 0.25) is 5.91 Å². The second kappa shape index (κ2) is 7.23. The van der Waals surface area contributed by atoms with Crippen molar-refractivity contribution in [3.8, 4) is 0 Å². The van der Waals surface area contributed by atoms with Gasteiger partial charge in [-0.25, -0.2) is 9.18 Å². The summed E-state index contributed by atoms with van der Waals surface area (Å²) in [5.74, 6) is -1.05. The monoisotopic (exact) mass is 381 g/mol. The van der Waals surface area contributed by atoms with Crippen molar-refractivity contribution in [2.75, 3.05) is 6.54 Å². The molecule has 4 amide bonds. The van der Waals surface area contributed by atoms with Crippen LogP contribution in [0.25, 0.3) is 0 Å². The molecule has 1 aromatic rings. The SMILES string of the molecule is CC(NC(=O)CCN1C(=O)NC2(CCCC2)C1=O)c1ccc(F)c(Cl)c1. The van der Waals surface area contributed by atoms with Crippen molar-refractivity contribution in [1.29, 1.82) is 0 Å². The maximum Gasteiger partial charge on any atom is 0.325 e. The zero-order valence-corrected chi connectivity index (χ0v) is 15.2. The predicted octanol–water partition coefficient (Wildman–Crippen LogP) is 2.91. The third-order valence-electron chi connectivity index (χ3n) is 5.09. The Morgan fingerprint density at radius 2 is 2.08 bits per heavy atom. The minimum absolute atomic E-state index is 0.00844. The van der Waals surface area contributed by atoms with Crippen molar-refractivity contribution in [3.63, 3.8) is 0 Å². The zero-order valence-electron chi connectivity index (χ0n) is 14.5. The molecule has 0 bridgehead atoms. The van der Waals surface area contributed by atoms with E-state index >= 15 is 0 Å². The Morgan fingerprint density at radius 3 is 2.73 bits per heavy atom. The number of urea groups is 1. The van der Waals surface area contributed by atoms with E-state index in [4.69, 9.17) is 11.6 Å². The summed E-state index contributed by atoms with van der Waals surface area (Å²) in [5, 5.41) is 5.54. The van der Waals surface area contributed by atoms with Crippen molar-refractivity contribution >= 4 is 29.4 Å². The number of rotatable bonds is 5. The highest BCUT2D eigenvalue weighted by atomic mass is 35.5. The number of carbonyl (C=O) groups is 3. The first kappa shape index (κ1) is 18.6. The summed E-state index contributed by atoms with van der Waals surface area (Å²) < 4.78 is 13.2. The first-order valence-electron chi connectivity index (χ1n) is 8.71. The van der Waals surface area contributed by atoms with Gasteiger partial charge in [0.1, 0.15) is 11.4 Å². The Kier molecular flexibility index (Phi) is 5.18. The van der Waals surface area contributed by atoms with Crippen LogP contribution >= 0.6 is 11.6 Å². The first-order chi connectivity index (χ1) is 12.3. The van der Waals surface area contributed by atoms with Crippen LogP contribution < -0.4 is 10.6 Å². The molecule has 2 aliphatic rings. The van der Waals surface area contributed by atoms with E-state index in [2.05, 4.69) is 10.6 Å². The number of imide groups is 1. The maximum atomic E-state index is 13.2. The molecule has 1 spiro atoms. The van der Waals surface area contributed by atoms with Crippen LogP contribution in [0.2, 0.25) is 5.02 Å². The van der Waals surface area contributed by atoms with E-state index in [1.165, 1.54) is 12.1 Å². The van der Waals surface area contributed by atoms with Gasteiger partial charge in [-0.2, -0.15) is 0 Å².